The molecule has 1 aromatic heterocycles. The maximum absolute atomic E-state index is 13.1. The molecule has 2 heterocycles. The summed E-state index contributed by atoms with van der Waals surface area (Å²) >= 11 is 0. The second kappa shape index (κ2) is 10.1. The molecule has 2 aromatic carbocycles. The number of anilines is 1. The van der Waals surface area contributed by atoms with Crippen molar-refractivity contribution in [3.8, 4) is 17.6 Å². The number of ether oxygens (including phenoxy) is 2. The van der Waals surface area contributed by atoms with Crippen LogP contribution in [-0.2, 0) is 11.8 Å². The smallest absolute Gasteiger partial charge is 0.490 e. The molecule has 0 N–H and O–H groups in total. The number of aryl methyl sites for hydroxylation is 1. The van der Waals surface area contributed by atoms with E-state index in [0.29, 0.717) is 42.9 Å². The van der Waals surface area contributed by atoms with Gasteiger partial charge in [-0.1, -0.05) is 12.1 Å². The fraction of sp³-hybridized carbons (Fsp3) is 0.320. The van der Waals surface area contributed by atoms with Gasteiger partial charge >= 0.3 is 12.0 Å². The summed E-state index contributed by atoms with van der Waals surface area (Å²) in [4.78, 5) is 26.5. The first kappa shape index (κ1) is 25.3. The van der Waals surface area contributed by atoms with E-state index in [1.807, 2.05) is 22.7 Å². The van der Waals surface area contributed by atoms with Gasteiger partial charge in [0.15, 0.2) is 5.30 Å². The van der Waals surface area contributed by atoms with E-state index in [1.54, 1.807) is 19.8 Å². The first-order valence-electron chi connectivity index (χ1n) is 11.1. The molecule has 0 bridgehead atoms. The Kier molecular flexibility index (Phi) is 7.07. The summed E-state index contributed by atoms with van der Waals surface area (Å²) < 4.78 is 48.3. The number of rotatable bonds is 5. The van der Waals surface area contributed by atoms with Crippen LogP contribution in [0.5, 0.6) is 11.5 Å². The highest BCUT2D eigenvalue weighted by Gasteiger charge is 2.31. The van der Waals surface area contributed by atoms with Crippen LogP contribution in [0.4, 0.5) is 18.9 Å². The summed E-state index contributed by atoms with van der Waals surface area (Å²) in [5.74, 6) is 0.0966. The van der Waals surface area contributed by atoms with E-state index in [9.17, 15) is 28.0 Å². The van der Waals surface area contributed by atoms with Gasteiger partial charge in [0, 0.05) is 38.4 Å². The van der Waals surface area contributed by atoms with Gasteiger partial charge in [0.25, 0.3) is 5.56 Å². The number of para-hydroxylation sites is 1. The number of nitriles is 1. The number of alkyl halides is 3. The zero-order chi connectivity index (χ0) is 26.0. The molecule has 186 valence electrons. The molecule has 1 atom stereocenters. The maximum atomic E-state index is 13.1. The molecule has 0 radical (unpaired) electrons. The summed E-state index contributed by atoms with van der Waals surface area (Å²) in [7, 11) is 0.346. The molecule has 0 aliphatic carbocycles. The van der Waals surface area contributed by atoms with Crippen molar-refractivity contribution in [2.24, 2.45) is 7.05 Å². The standard InChI is InChI=1S/C25H22F3N3O4P/c1-30-23-19(4-3-5-21(23)36(2)15-32)22(20(14-29)24(30)33)31-12-10-17(11-13-31)34-16-6-8-18(9-7-16)35-25(26,27)28/h3-9,17H,10-13H2,1-2H3/q+1. The van der Waals surface area contributed by atoms with Crippen molar-refractivity contribution in [2.75, 3.05) is 24.7 Å². The first-order valence-corrected chi connectivity index (χ1v) is 12.9. The Morgan fingerprint density at radius 3 is 2.31 bits per heavy atom. The van der Waals surface area contributed by atoms with E-state index in [-0.39, 0.29) is 17.4 Å². The van der Waals surface area contributed by atoms with Gasteiger partial charge in [0.1, 0.15) is 41.4 Å². The van der Waals surface area contributed by atoms with Gasteiger partial charge < -0.3 is 18.9 Å². The van der Waals surface area contributed by atoms with Crippen LogP contribution in [0.2, 0.25) is 0 Å². The molecule has 7 nitrogen and oxygen atoms in total. The van der Waals surface area contributed by atoms with Crippen LogP contribution in [0.25, 0.3) is 10.9 Å². The van der Waals surface area contributed by atoms with Gasteiger partial charge in [-0.15, -0.1) is 13.2 Å². The number of halogens is 3. The lowest BCUT2D eigenvalue weighted by Gasteiger charge is -2.35. The number of piperidine rings is 1. The number of nitrogens with zero attached hydrogens (tertiary/aromatic N) is 3. The zero-order valence-electron chi connectivity index (χ0n) is 19.5. The molecule has 1 fully saturated rings. The van der Waals surface area contributed by atoms with E-state index < -0.39 is 19.5 Å². The molecule has 1 aliphatic heterocycles. The third kappa shape index (κ3) is 5.08. The molecule has 4 rings (SSSR count). The molecule has 1 unspecified atom stereocenters. The van der Waals surface area contributed by atoms with Crippen molar-refractivity contribution in [2.45, 2.75) is 25.3 Å². The maximum Gasteiger partial charge on any atom is 0.573 e. The van der Waals surface area contributed by atoms with Gasteiger partial charge in [-0.25, -0.2) is 0 Å². The molecule has 1 aliphatic rings. The minimum absolute atomic E-state index is 0.0392. The minimum Gasteiger partial charge on any atom is -0.490 e. The van der Waals surface area contributed by atoms with Gasteiger partial charge in [-0.05, 0) is 30.3 Å². The molecular weight excluding hydrogens is 494 g/mol. The van der Waals surface area contributed by atoms with Crippen LogP contribution in [0.1, 0.15) is 18.4 Å². The largest absolute Gasteiger partial charge is 0.573 e. The predicted molar refractivity (Wildman–Crippen MR) is 131 cm³/mol. The second-order valence-corrected chi connectivity index (χ2v) is 10.1. The average Bonchev–Trinajstić information content (AvgIpc) is 2.86. The predicted octanol–water partition coefficient (Wildman–Crippen LogP) is 4.16. The summed E-state index contributed by atoms with van der Waals surface area (Å²) in [5.41, 5.74) is 2.80. The lowest BCUT2D eigenvalue weighted by Crippen LogP contribution is -2.40. The van der Waals surface area contributed by atoms with Crippen molar-refractivity contribution >= 4 is 35.1 Å². The topological polar surface area (TPSA) is 84.6 Å². The Morgan fingerprint density at radius 1 is 1.08 bits per heavy atom. The Labute approximate surface area is 205 Å². The van der Waals surface area contributed by atoms with Crippen molar-refractivity contribution in [1.29, 1.82) is 5.26 Å². The van der Waals surface area contributed by atoms with Crippen molar-refractivity contribution in [1.82, 2.24) is 4.57 Å². The number of hydrogen-bond acceptors (Lipinski definition) is 6. The van der Waals surface area contributed by atoms with E-state index in [1.165, 1.54) is 28.8 Å². The van der Waals surface area contributed by atoms with Crippen molar-refractivity contribution < 1.29 is 27.4 Å². The second-order valence-electron chi connectivity index (χ2n) is 8.35. The Morgan fingerprint density at radius 2 is 1.72 bits per heavy atom. The van der Waals surface area contributed by atoms with Crippen molar-refractivity contribution in [3.05, 3.63) is 58.4 Å². The SMILES string of the molecule is Cn1c(=O)c(C#N)c(N2CCC(Oc3ccc(OC(F)(F)F)cc3)CC2)c2cccc([P+](C)=C=O)c21. The highest BCUT2D eigenvalue weighted by atomic mass is 31.1. The Bertz CT molecular complexity index is 1450. The van der Waals surface area contributed by atoms with Gasteiger partial charge in [0.2, 0.25) is 7.55 Å². The minimum atomic E-state index is -4.76. The molecule has 1 saturated heterocycles. The lowest BCUT2D eigenvalue weighted by atomic mass is 10.0. The highest BCUT2D eigenvalue weighted by molar-refractivity contribution is 7.63. The Balaban J connectivity index is 1.58. The van der Waals surface area contributed by atoms with Crippen LogP contribution in [0.3, 0.4) is 0 Å². The zero-order valence-corrected chi connectivity index (χ0v) is 20.4. The van der Waals surface area contributed by atoms with E-state index in [4.69, 9.17) is 4.74 Å². The number of benzene rings is 2. The van der Waals surface area contributed by atoms with E-state index in [0.717, 1.165) is 10.7 Å². The van der Waals surface area contributed by atoms with Crippen LogP contribution >= 0.6 is 7.55 Å². The van der Waals surface area contributed by atoms with Gasteiger partial charge in [-0.2, -0.15) is 10.1 Å². The third-order valence-electron chi connectivity index (χ3n) is 6.09. The van der Waals surface area contributed by atoms with Gasteiger partial charge in [0.05, 0.1) is 5.69 Å². The van der Waals surface area contributed by atoms with Gasteiger partial charge in [-0.3, -0.25) is 4.79 Å². The molecular formula is C25H22F3N3O4P+. The number of pyridine rings is 1. The molecule has 36 heavy (non-hydrogen) atoms. The van der Waals surface area contributed by atoms with Crippen molar-refractivity contribution in [3.63, 3.8) is 0 Å². The van der Waals surface area contributed by atoms with E-state index in [2.05, 4.69) is 10.8 Å². The molecule has 11 heteroatoms. The fourth-order valence-electron chi connectivity index (χ4n) is 4.44. The van der Waals surface area contributed by atoms with Crippen LogP contribution < -0.4 is 25.2 Å². The Hall–Kier alpha value is -3.79. The summed E-state index contributed by atoms with van der Waals surface area (Å²) in [6.45, 7) is 2.77. The summed E-state index contributed by atoms with van der Waals surface area (Å²) in [6.07, 6.45) is -3.80. The molecule has 0 saturated carbocycles. The number of aromatic nitrogens is 1. The fourth-order valence-corrected chi connectivity index (χ4v) is 5.43. The van der Waals surface area contributed by atoms with Crippen LogP contribution in [0.15, 0.2) is 47.3 Å². The normalized spacial score (nSPS) is 14.8. The third-order valence-corrected chi connectivity index (χ3v) is 7.45. The number of fused-ring (bicyclic) bond motifs is 1. The quantitative estimate of drug-likeness (QED) is 0.474. The van der Waals surface area contributed by atoms with Crippen LogP contribution in [-0.4, -0.2) is 42.4 Å². The summed E-state index contributed by atoms with van der Waals surface area (Å²) in [6, 6.07) is 12.7. The average molecular weight is 516 g/mol. The monoisotopic (exact) mass is 516 g/mol. The number of hydrogen-bond donors (Lipinski definition) is 0. The first-order chi connectivity index (χ1) is 17.1. The molecule has 0 spiro atoms. The summed E-state index contributed by atoms with van der Waals surface area (Å²) in [5, 5.41) is 11.3. The molecule has 0 amide bonds. The van der Waals surface area contributed by atoms with Crippen LogP contribution in [0, 0.1) is 11.3 Å². The number of carbonyl (C=O) groups excluding carboxylic acids is 1. The lowest BCUT2D eigenvalue weighted by molar-refractivity contribution is -0.274. The van der Waals surface area contributed by atoms with E-state index >= 15 is 0 Å². The molecule has 3 aromatic rings. The highest BCUT2D eigenvalue weighted by Crippen LogP contribution is 2.33.